The number of rotatable bonds is 4. The first-order chi connectivity index (χ1) is 11.4. The van der Waals surface area contributed by atoms with Crippen molar-refractivity contribution in [3.8, 4) is 0 Å². The van der Waals surface area contributed by atoms with Gasteiger partial charge in [-0.1, -0.05) is 23.7 Å². The SMILES string of the molecule is Cc1nn(C)cc1C(=O)Nc1nn(Cc2ccc(Cl)cc2)cc1Br. The number of carbonyl (C=O) groups is 1. The third kappa shape index (κ3) is 3.68. The molecular weight excluding hydrogens is 394 g/mol. The molecule has 0 unspecified atom stereocenters. The monoisotopic (exact) mass is 407 g/mol. The van der Waals surface area contributed by atoms with Gasteiger partial charge in [0.25, 0.3) is 5.91 Å². The van der Waals surface area contributed by atoms with Crippen LogP contribution in [-0.2, 0) is 13.6 Å². The maximum atomic E-state index is 12.4. The molecule has 1 amide bonds. The maximum Gasteiger partial charge on any atom is 0.260 e. The molecule has 0 saturated carbocycles. The number of nitrogens with zero attached hydrogens (tertiary/aromatic N) is 4. The molecule has 24 heavy (non-hydrogen) atoms. The summed E-state index contributed by atoms with van der Waals surface area (Å²) in [6.45, 7) is 2.38. The van der Waals surface area contributed by atoms with Crippen molar-refractivity contribution in [2.75, 3.05) is 5.32 Å². The topological polar surface area (TPSA) is 64.7 Å². The van der Waals surface area contributed by atoms with Crippen LogP contribution < -0.4 is 5.32 Å². The third-order valence-corrected chi connectivity index (χ3v) is 4.30. The summed E-state index contributed by atoms with van der Waals surface area (Å²) in [6.07, 6.45) is 3.50. The second-order valence-corrected chi connectivity index (χ2v) is 6.70. The summed E-state index contributed by atoms with van der Waals surface area (Å²) in [6, 6.07) is 7.55. The summed E-state index contributed by atoms with van der Waals surface area (Å²) in [4.78, 5) is 12.4. The normalized spacial score (nSPS) is 10.8. The summed E-state index contributed by atoms with van der Waals surface area (Å²) in [7, 11) is 1.78. The zero-order valence-corrected chi connectivity index (χ0v) is 15.5. The molecule has 0 radical (unpaired) electrons. The lowest BCUT2D eigenvalue weighted by atomic mass is 10.2. The van der Waals surface area contributed by atoms with Crippen molar-refractivity contribution in [3.63, 3.8) is 0 Å². The van der Waals surface area contributed by atoms with Gasteiger partial charge in [0.1, 0.15) is 0 Å². The molecule has 0 atom stereocenters. The van der Waals surface area contributed by atoms with Crippen LogP contribution in [0.4, 0.5) is 5.82 Å². The Labute approximate surface area is 152 Å². The molecule has 0 aliphatic heterocycles. The van der Waals surface area contributed by atoms with Crippen molar-refractivity contribution in [2.24, 2.45) is 7.05 Å². The van der Waals surface area contributed by atoms with Gasteiger partial charge in [0, 0.05) is 24.5 Å². The molecule has 3 aromatic rings. The Balaban J connectivity index is 1.75. The zero-order chi connectivity index (χ0) is 17.3. The van der Waals surface area contributed by atoms with Crippen LogP contribution in [-0.4, -0.2) is 25.5 Å². The molecule has 0 bridgehead atoms. The van der Waals surface area contributed by atoms with Crippen molar-refractivity contribution >= 4 is 39.3 Å². The molecule has 6 nitrogen and oxygen atoms in total. The van der Waals surface area contributed by atoms with E-state index in [0.717, 1.165) is 5.56 Å². The minimum Gasteiger partial charge on any atom is -0.304 e. The Kier molecular flexibility index (Phi) is 4.73. The van der Waals surface area contributed by atoms with Gasteiger partial charge in [-0.25, -0.2) is 0 Å². The number of hydrogen-bond donors (Lipinski definition) is 1. The molecule has 0 saturated heterocycles. The Hall–Kier alpha value is -2.12. The molecule has 3 rings (SSSR count). The smallest absolute Gasteiger partial charge is 0.260 e. The first-order valence-electron chi connectivity index (χ1n) is 7.21. The number of aromatic nitrogens is 4. The van der Waals surface area contributed by atoms with Crippen molar-refractivity contribution < 1.29 is 4.79 Å². The minimum absolute atomic E-state index is 0.238. The van der Waals surface area contributed by atoms with Gasteiger partial charge in [-0.15, -0.1) is 0 Å². The molecule has 8 heteroatoms. The Bertz CT molecular complexity index is 885. The molecule has 124 valence electrons. The number of aryl methyl sites for hydroxylation is 2. The summed E-state index contributed by atoms with van der Waals surface area (Å²) in [5, 5.41) is 12.1. The van der Waals surface area contributed by atoms with Gasteiger partial charge in [0.05, 0.1) is 22.3 Å². The highest BCUT2D eigenvalue weighted by atomic mass is 79.9. The standard InChI is InChI=1S/C16H15BrClN5O/c1-10-13(8-22(2)20-10)16(24)19-15-14(17)9-23(21-15)7-11-3-5-12(18)6-4-11/h3-6,8-9H,7H2,1-2H3,(H,19,21,24). The lowest BCUT2D eigenvalue weighted by Crippen LogP contribution is -2.13. The number of halogens is 2. The number of carbonyl (C=O) groups excluding carboxylic acids is 1. The zero-order valence-electron chi connectivity index (χ0n) is 13.1. The second kappa shape index (κ2) is 6.78. The maximum absolute atomic E-state index is 12.4. The van der Waals surface area contributed by atoms with E-state index >= 15 is 0 Å². The van der Waals surface area contributed by atoms with E-state index in [9.17, 15) is 4.79 Å². The fraction of sp³-hybridized carbons (Fsp3) is 0.188. The minimum atomic E-state index is -0.238. The summed E-state index contributed by atoms with van der Waals surface area (Å²) >= 11 is 9.32. The molecule has 1 N–H and O–H groups in total. The molecule has 2 aromatic heterocycles. The molecule has 0 fully saturated rings. The number of amides is 1. The number of hydrogen-bond acceptors (Lipinski definition) is 3. The van der Waals surface area contributed by atoms with Gasteiger partial charge in [-0.05, 0) is 40.5 Å². The van der Waals surface area contributed by atoms with Crippen LogP contribution in [0, 0.1) is 6.92 Å². The lowest BCUT2D eigenvalue weighted by Gasteiger charge is -2.03. The number of nitrogens with one attached hydrogen (secondary N) is 1. The first kappa shape index (κ1) is 16.7. The van der Waals surface area contributed by atoms with Gasteiger partial charge in [0.2, 0.25) is 0 Å². The van der Waals surface area contributed by atoms with Crippen molar-refractivity contribution in [2.45, 2.75) is 13.5 Å². The summed E-state index contributed by atoms with van der Waals surface area (Å²) in [5.41, 5.74) is 2.26. The molecule has 0 aliphatic carbocycles. The summed E-state index contributed by atoms with van der Waals surface area (Å²) in [5.74, 6) is 0.232. The van der Waals surface area contributed by atoms with Gasteiger partial charge in [0.15, 0.2) is 5.82 Å². The molecular formula is C16H15BrClN5O. The summed E-state index contributed by atoms with van der Waals surface area (Å²) < 4.78 is 4.07. The first-order valence-corrected chi connectivity index (χ1v) is 8.38. The van der Waals surface area contributed by atoms with Crippen LogP contribution in [0.25, 0.3) is 0 Å². The van der Waals surface area contributed by atoms with E-state index in [1.807, 2.05) is 30.5 Å². The largest absolute Gasteiger partial charge is 0.304 e. The Morgan fingerprint density at radius 3 is 2.58 bits per heavy atom. The van der Waals surface area contributed by atoms with Gasteiger partial charge >= 0.3 is 0 Å². The lowest BCUT2D eigenvalue weighted by molar-refractivity contribution is 0.102. The molecule has 0 aliphatic rings. The van der Waals surface area contributed by atoms with Crippen LogP contribution in [0.15, 0.2) is 41.1 Å². The van der Waals surface area contributed by atoms with Crippen molar-refractivity contribution in [3.05, 3.63) is 63.0 Å². The fourth-order valence-corrected chi connectivity index (χ4v) is 2.88. The Morgan fingerprint density at radius 1 is 1.25 bits per heavy atom. The van der Waals surface area contributed by atoms with Crippen LogP contribution >= 0.6 is 27.5 Å². The molecule has 2 heterocycles. The van der Waals surface area contributed by atoms with E-state index in [-0.39, 0.29) is 5.91 Å². The quantitative estimate of drug-likeness (QED) is 0.717. The molecule has 1 aromatic carbocycles. The van der Waals surface area contributed by atoms with E-state index in [1.165, 1.54) is 0 Å². The predicted octanol–water partition coefficient (Wildman–Crippen LogP) is 3.64. The fourth-order valence-electron chi connectivity index (χ4n) is 2.34. The van der Waals surface area contributed by atoms with Gasteiger partial charge in [-0.3, -0.25) is 14.2 Å². The van der Waals surface area contributed by atoms with E-state index in [1.54, 1.807) is 29.5 Å². The van der Waals surface area contributed by atoms with Crippen LogP contribution in [0.2, 0.25) is 5.02 Å². The predicted molar refractivity (Wildman–Crippen MR) is 96.4 cm³/mol. The molecule has 0 spiro atoms. The highest BCUT2D eigenvalue weighted by molar-refractivity contribution is 9.10. The van der Waals surface area contributed by atoms with E-state index in [0.29, 0.717) is 33.1 Å². The Morgan fingerprint density at radius 2 is 1.96 bits per heavy atom. The van der Waals surface area contributed by atoms with Crippen LogP contribution in [0.5, 0.6) is 0 Å². The number of benzene rings is 1. The van der Waals surface area contributed by atoms with Crippen molar-refractivity contribution in [1.29, 1.82) is 0 Å². The van der Waals surface area contributed by atoms with Crippen molar-refractivity contribution in [1.82, 2.24) is 19.6 Å². The van der Waals surface area contributed by atoms with Gasteiger partial charge in [-0.2, -0.15) is 10.2 Å². The third-order valence-electron chi connectivity index (χ3n) is 3.46. The van der Waals surface area contributed by atoms with Crippen LogP contribution in [0.1, 0.15) is 21.6 Å². The average Bonchev–Trinajstić information content (AvgIpc) is 3.04. The highest BCUT2D eigenvalue weighted by Crippen LogP contribution is 2.22. The van der Waals surface area contributed by atoms with E-state index < -0.39 is 0 Å². The van der Waals surface area contributed by atoms with E-state index in [4.69, 9.17) is 11.6 Å². The number of anilines is 1. The second-order valence-electron chi connectivity index (χ2n) is 5.41. The van der Waals surface area contributed by atoms with Gasteiger partial charge < -0.3 is 5.32 Å². The van der Waals surface area contributed by atoms with Crippen LogP contribution in [0.3, 0.4) is 0 Å². The average molecular weight is 409 g/mol. The van der Waals surface area contributed by atoms with E-state index in [2.05, 4.69) is 31.4 Å². The highest BCUT2D eigenvalue weighted by Gasteiger charge is 2.16.